The number of carbonyl (C=O) groups is 1. The Hall–Kier alpha value is -2.03. The van der Waals surface area contributed by atoms with Crippen LogP contribution in [0.2, 0.25) is 0 Å². The van der Waals surface area contributed by atoms with Crippen molar-refractivity contribution in [1.29, 1.82) is 0 Å². The minimum Gasteiger partial charge on any atom is -0.475 e. The third kappa shape index (κ3) is 1.73. The van der Waals surface area contributed by atoms with Crippen molar-refractivity contribution in [1.82, 2.24) is 0 Å². The third-order valence-electron chi connectivity index (χ3n) is 3.20. The maximum atomic E-state index is 10.7. The number of aromatic carboxylic acids is 1. The van der Waals surface area contributed by atoms with E-state index >= 15 is 0 Å². The number of rotatable bonds is 2. The Kier molecular flexibility index (Phi) is 2.25. The van der Waals surface area contributed by atoms with Crippen LogP contribution in [0, 0.1) is 0 Å². The molecule has 0 bridgehead atoms. The van der Waals surface area contributed by atoms with E-state index in [2.05, 4.69) is 12.1 Å². The highest BCUT2D eigenvalue weighted by Gasteiger charge is 2.14. The molecule has 0 aliphatic heterocycles. The van der Waals surface area contributed by atoms with Gasteiger partial charge in [0, 0.05) is 5.56 Å². The Morgan fingerprint density at radius 1 is 1.12 bits per heavy atom. The molecule has 3 heteroatoms. The average Bonchev–Trinajstić information content (AvgIpc) is 2.97. The van der Waals surface area contributed by atoms with Gasteiger partial charge in [-0.05, 0) is 48.6 Å². The smallest absolute Gasteiger partial charge is 0.371 e. The van der Waals surface area contributed by atoms with Crippen LogP contribution in [0.3, 0.4) is 0 Å². The highest BCUT2D eigenvalue weighted by molar-refractivity contribution is 5.85. The number of aryl methyl sites for hydroxylation is 2. The van der Waals surface area contributed by atoms with Crippen LogP contribution in [0.15, 0.2) is 34.7 Å². The molecule has 0 saturated heterocycles. The van der Waals surface area contributed by atoms with Crippen molar-refractivity contribution in [2.45, 2.75) is 19.3 Å². The number of benzene rings is 1. The van der Waals surface area contributed by atoms with E-state index in [9.17, 15) is 4.79 Å². The second-order valence-electron chi connectivity index (χ2n) is 4.31. The summed E-state index contributed by atoms with van der Waals surface area (Å²) in [6.45, 7) is 0. The highest BCUT2D eigenvalue weighted by Crippen LogP contribution is 2.29. The summed E-state index contributed by atoms with van der Waals surface area (Å²) in [6.07, 6.45) is 3.46. The van der Waals surface area contributed by atoms with Crippen molar-refractivity contribution >= 4 is 5.97 Å². The number of furan rings is 1. The summed E-state index contributed by atoms with van der Waals surface area (Å²) in [4.78, 5) is 10.7. The molecular weight excluding hydrogens is 216 g/mol. The topological polar surface area (TPSA) is 50.4 Å². The lowest BCUT2D eigenvalue weighted by molar-refractivity contribution is 0.0663. The van der Waals surface area contributed by atoms with E-state index in [0.29, 0.717) is 5.76 Å². The summed E-state index contributed by atoms with van der Waals surface area (Å²) in [5, 5.41) is 8.81. The molecule has 3 nitrogen and oxygen atoms in total. The summed E-state index contributed by atoms with van der Waals surface area (Å²) >= 11 is 0. The molecule has 1 heterocycles. The van der Waals surface area contributed by atoms with Gasteiger partial charge in [-0.3, -0.25) is 0 Å². The van der Waals surface area contributed by atoms with Crippen LogP contribution in [-0.4, -0.2) is 11.1 Å². The molecule has 0 atom stereocenters. The van der Waals surface area contributed by atoms with Crippen LogP contribution in [-0.2, 0) is 12.8 Å². The molecule has 1 aromatic heterocycles. The Balaban J connectivity index is 2.00. The van der Waals surface area contributed by atoms with Gasteiger partial charge in [0.2, 0.25) is 5.76 Å². The largest absolute Gasteiger partial charge is 0.475 e. The third-order valence-corrected chi connectivity index (χ3v) is 3.20. The number of hydrogen-bond acceptors (Lipinski definition) is 2. The first-order valence-corrected chi connectivity index (χ1v) is 5.69. The van der Waals surface area contributed by atoms with Crippen molar-refractivity contribution < 1.29 is 14.3 Å². The molecule has 2 aromatic rings. The lowest BCUT2D eigenvalue weighted by Gasteiger charge is -2.02. The van der Waals surface area contributed by atoms with Crippen LogP contribution < -0.4 is 0 Å². The summed E-state index contributed by atoms with van der Waals surface area (Å²) in [6, 6.07) is 9.41. The van der Waals surface area contributed by atoms with Gasteiger partial charge in [-0.2, -0.15) is 0 Å². The van der Waals surface area contributed by atoms with E-state index in [1.54, 1.807) is 6.07 Å². The van der Waals surface area contributed by atoms with Crippen molar-refractivity contribution in [3.8, 4) is 11.3 Å². The van der Waals surface area contributed by atoms with E-state index < -0.39 is 5.97 Å². The molecule has 0 fully saturated rings. The molecule has 86 valence electrons. The lowest BCUT2D eigenvalue weighted by Crippen LogP contribution is -1.91. The van der Waals surface area contributed by atoms with Crippen LogP contribution in [0.4, 0.5) is 0 Å². The Morgan fingerprint density at radius 2 is 1.94 bits per heavy atom. The predicted octanol–water partition coefficient (Wildman–Crippen LogP) is 3.13. The van der Waals surface area contributed by atoms with Crippen molar-refractivity contribution in [2.75, 3.05) is 0 Å². The minimum atomic E-state index is -1.03. The Bertz CT molecular complexity index is 581. The van der Waals surface area contributed by atoms with Crippen LogP contribution in [0.1, 0.15) is 28.1 Å². The Morgan fingerprint density at radius 3 is 2.71 bits per heavy atom. The van der Waals surface area contributed by atoms with E-state index in [0.717, 1.165) is 18.4 Å². The van der Waals surface area contributed by atoms with Gasteiger partial charge in [0.1, 0.15) is 5.76 Å². The zero-order valence-electron chi connectivity index (χ0n) is 9.27. The van der Waals surface area contributed by atoms with E-state index in [-0.39, 0.29) is 5.76 Å². The SMILES string of the molecule is O=C(O)c1ccc(-c2ccc3c(c2)CCC3)o1. The second-order valence-corrected chi connectivity index (χ2v) is 4.31. The molecule has 0 unspecified atom stereocenters. The summed E-state index contributed by atoms with van der Waals surface area (Å²) in [7, 11) is 0. The van der Waals surface area contributed by atoms with Crippen LogP contribution in [0.25, 0.3) is 11.3 Å². The fraction of sp³-hybridized carbons (Fsp3) is 0.214. The molecule has 0 radical (unpaired) electrons. The maximum absolute atomic E-state index is 10.7. The molecule has 17 heavy (non-hydrogen) atoms. The van der Waals surface area contributed by atoms with E-state index in [1.807, 2.05) is 6.07 Å². The highest BCUT2D eigenvalue weighted by atomic mass is 16.4. The average molecular weight is 228 g/mol. The molecule has 1 aliphatic rings. The number of hydrogen-bond donors (Lipinski definition) is 1. The van der Waals surface area contributed by atoms with Crippen molar-refractivity contribution in [3.63, 3.8) is 0 Å². The molecule has 0 spiro atoms. The first-order valence-electron chi connectivity index (χ1n) is 5.69. The summed E-state index contributed by atoms with van der Waals surface area (Å²) in [5.41, 5.74) is 3.72. The molecule has 3 rings (SSSR count). The zero-order chi connectivity index (χ0) is 11.8. The standard InChI is InChI=1S/C14H12O3/c15-14(16)13-7-6-12(17-13)11-5-4-9-2-1-3-10(9)8-11/h4-8H,1-3H2,(H,15,16). The quantitative estimate of drug-likeness (QED) is 0.859. The molecule has 1 aromatic carbocycles. The molecule has 0 amide bonds. The number of carboxylic acids is 1. The van der Waals surface area contributed by atoms with Gasteiger partial charge < -0.3 is 9.52 Å². The van der Waals surface area contributed by atoms with Gasteiger partial charge in [-0.1, -0.05) is 12.1 Å². The monoisotopic (exact) mass is 228 g/mol. The fourth-order valence-corrected chi connectivity index (χ4v) is 2.33. The number of fused-ring (bicyclic) bond motifs is 1. The second kappa shape index (κ2) is 3.77. The first kappa shape index (κ1) is 10.1. The van der Waals surface area contributed by atoms with Crippen LogP contribution in [0.5, 0.6) is 0 Å². The number of carboxylic acid groups (broad SMARTS) is 1. The fourth-order valence-electron chi connectivity index (χ4n) is 2.33. The summed E-state index contributed by atoms with van der Waals surface area (Å²) in [5.74, 6) is -0.421. The van der Waals surface area contributed by atoms with E-state index in [4.69, 9.17) is 9.52 Å². The normalized spacial score (nSPS) is 13.6. The zero-order valence-corrected chi connectivity index (χ0v) is 9.27. The Labute approximate surface area is 98.7 Å². The minimum absolute atomic E-state index is 0.0134. The molecular formula is C14H12O3. The van der Waals surface area contributed by atoms with Crippen molar-refractivity contribution in [3.05, 3.63) is 47.2 Å². The lowest BCUT2D eigenvalue weighted by atomic mass is 10.1. The van der Waals surface area contributed by atoms with Gasteiger partial charge >= 0.3 is 5.97 Å². The van der Waals surface area contributed by atoms with Crippen LogP contribution >= 0.6 is 0 Å². The first-order chi connectivity index (χ1) is 8.24. The van der Waals surface area contributed by atoms with Gasteiger partial charge in [-0.25, -0.2) is 4.79 Å². The predicted molar refractivity (Wildman–Crippen MR) is 63.1 cm³/mol. The molecule has 1 aliphatic carbocycles. The van der Waals surface area contributed by atoms with Gasteiger partial charge in [0.25, 0.3) is 0 Å². The maximum Gasteiger partial charge on any atom is 0.371 e. The summed E-state index contributed by atoms with van der Waals surface area (Å²) < 4.78 is 5.29. The van der Waals surface area contributed by atoms with Gasteiger partial charge in [-0.15, -0.1) is 0 Å². The van der Waals surface area contributed by atoms with Crippen molar-refractivity contribution in [2.24, 2.45) is 0 Å². The van der Waals surface area contributed by atoms with E-state index in [1.165, 1.54) is 23.6 Å². The molecule has 1 N–H and O–H groups in total. The van der Waals surface area contributed by atoms with Gasteiger partial charge in [0.15, 0.2) is 0 Å². The van der Waals surface area contributed by atoms with Gasteiger partial charge in [0.05, 0.1) is 0 Å². The molecule has 0 saturated carbocycles.